The van der Waals surface area contributed by atoms with Crippen LogP contribution in [0.25, 0.3) is 0 Å². The minimum Gasteiger partial charge on any atom is -0.338 e. The van der Waals surface area contributed by atoms with Crippen LogP contribution in [0, 0.1) is 0 Å². The number of nitrogens with zero attached hydrogens (tertiary/aromatic N) is 1. The second-order valence-electron chi connectivity index (χ2n) is 7.68. The third kappa shape index (κ3) is 4.99. The molecule has 2 atom stereocenters. The van der Waals surface area contributed by atoms with Crippen LogP contribution in [0.2, 0.25) is 10.0 Å². The molecule has 2 aromatic rings. The predicted molar refractivity (Wildman–Crippen MR) is 120 cm³/mol. The summed E-state index contributed by atoms with van der Waals surface area (Å²) in [6, 6.07) is 14.4. The molecule has 1 amide bonds. The highest BCUT2D eigenvalue weighted by Crippen LogP contribution is 2.42. The van der Waals surface area contributed by atoms with Crippen molar-refractivity contribution in [2.45, 2.75) is 37.7 Å². The number of benzene rings is 2. The fourth-order valence-electron chi connectivity index (χ4n) is 4.27. The molecule has 2 aromatic carbocycles. The van der Waals surface area contributed by atoms with Crippen molar-refractivity contribution in [3.63, 3.8) is 0 Å². The van der Waals surface area contributed by atoms with Crippen LogP contribution >= 0.6 is 23.2 Å². The summed E-state index contributed by atoms with van der Waals surface area (Å²) in [5, 5.41) is 0.801. The molecule has 8 heteroatoms. The number of halogens is 2. The molecule has 162 valence electrons. The number of hydrogen-bond acceptors (Lipinski definition) is 4. The maximum atomic E-state index is 13.2. The molecule has 1 aliphatic heterocycles. The number of carbonyl (C=O) groups excluding carboxylic acids is 1. The number of likely N-dealkylation sites (tertiary alicyclic amines) is 1. The Balaban J connectivity index is 2.06. The van der Waals surface area contributed by atoms with Crippen molar-refractivity contribution in [3.05, 3.63) is 69.7 Å². The zero-order valence-corrected chi connectivity index (χ0v) is 19.3. The van der Waals surface area contributed by atoms with Crippen molar-refractivity contribution in [1.82, 2.24) is 4.90 Å². The molecule has 0 saturated carbocycles. The van der Waals surface area contributed by atoms with E-state index in [1.165, 1.54) is 0 Å². The molecule has 0 aliphatic carbocycles. The van der Waals surface area contributed by atoms with Crippen LogP contribution in [0.1, 0.15) is 42.1 Å². The van der Waals surface area contributed by atoms with Crippen LogP contribution in [0.15, 0.2) is 48.5 Å². The molecule has 0 radical (unpaired) electrons. The minimum atomic E-state index is -3.70. The topological polar surface area (TPSA) is 63.7 Å². The molecule has 2 unspecified atom stereocenters. The Morgan fingerprint density at radius 2 is 1.87 bits per heavy atom. The van der Waals surface area contributed by atoms with E-state index < -0.39 is 21.6 Å². The first kappa shape index (κ1) is 23.1. The van der Waals surface area contributed by atoms with Crippen LogP contribution in [0.5, 0.6) is 0 Å². The third-order valence-corrected chi connectivity index (χ3v) is 6.93. The quantitative estimate of drug-likeness (QED) is 0.562. The van der Waals surface area contributed by atoms with Crippen molar-refractivity contribution in [2.75, 3.05) is 19.3 Å². The highest BCUT2D eigenvalue weighted by atomic mass is 35.5. The summed E-state index contributed by atoms with van der Waals surface area (Å²) >= 11 is 12.4. The first-order valence-electron chi connectivity index (χ1n) is 9.84. The summed E-state index contributed by atoms with van der Waals surface area (Å²) in [6.07, 6.45) is 2.24. The van der Waals surface area contributed by atoms with Gasteiger partial charge in [0.1, 0.15) is 0 Å². The van der Waals surface area contributed by atoms with Gasteiger partial charge in [0, 0.05) is 24.1 Å². The van der Waals surface area contributed by atoms with E-state index in [4.69, 9.17) is 27.4 Å². The van der Waals surface area contributed by atoms with Gasteiger partial charge in [-0.1, -0.05) is 54.4 Å². The van der Waals surface area contributed by atoms with Gasteiger partial charge in [-0.3, -0.25) is 8.98 Å². The zero-order chi connectivity index (χ0) is 21.9. The average Bonchev–Trinajstić information content (AvgIpc) is 2.73. The summed E-state index contributed by atoms with van der Waals surface area (Å²) in [5.74, 6) is -0.0889. The van der Waals surface area contributed by atoms with Gasteiger partial charge in [0.2, 0.25) is 0 Å². The molecule has 5 nitrogen and oxygen atoms in total. The molecule has 0 N–H and O–H groups in total. The molecule has 0 aromatic heterocycles. The van der Waals surface area contributed by atoms with Gasteiger partial charge in [0.25, 0.3) is 16.0 Å². The Morgan fingerprint density at radius 3 is 2.47 bits per heavy atom. The van der Waals surface area contributed by atoms with Gasteiger partial charge in [0.15, 0.2) is 0 Å². The normalized spacial score (nSPS) is 20.7. The van der Waals surface area contributed by atoms with E-state index in [0.29, 0.717) is 48.0 Å². The Labute approximate surface area is 188 Å². The fourth-order valence-corrected chi connectivity index (χ4v) is 5.31. The maximum absolute atomic E-state index is 13.2. The van der Waals surface area contributed by atoms with Crippen LogP contribution in [-0.2, 0) is 19.7 Å². The molecule has 1 heterocycles. The Morgan fingerprint density at radius 1 is 1.17 bits per heavy atom. The molecule has 30 heavy (non-hydrogen) atoms. The van der Waals surface area contributed by atoms with E-state index in [1.807, 2.05) is 31.2 Å². The first-order chi connectivity index (χ1) is 14.2. The monoisotopic (exact) mass is 469 g/mol. The van der Waals surface area contributed by atoms with Crippen LogP contribution in [0.3, 0.4) is 0 Å². The number of piperidine rings is 1. The van der Waals surface area contributed by atoms with E-state index in [9.17, 15) is 13.2 Å². The number of carbonyl (C=O) groups is 1. The maximum Gasteiger partial charge on any atom is 0.264 e. The lowest BCUT2D eigenvalue weighted by atomic mass is 9.69. The van der Waals surface area contributed by atoms with Crippen molar-refractivity contribution in [3.8, 4) is 0 Å². The molecule has 0 spiro atoms. The van der Waals surface area contributed by atoms with Crippen LogP contribution in [-0.4, -0.2) is 44.7 Å². The van der Waals surface area contributed by atoms with Gasteiger partial charge in [-0.25, -0.2) is 0 Å². The smallest absolute Gasteiger partial charge is 0.264 e. The second-order valence-corrected chi connectivity index (χ2v) is 10.1. The molecule has 1 saturated heterocycles. The van der Waals surface area contributed by atoms with Crippen LogP contribution in [0.4, 0.5) is 0 Å². The molecule has 3 rings (SSSR count). The van der Waals surface area contributed by atoms with Crippen molar-refractivity contribution < 1.29 is 17.4 Å². The second kappa shape index (κ2) is 9.27. The molecule has 1 aliphatic rings. The van der Waals surface area contributed by atoms with E-state index in [-0.39, 0.29) is 5.91 Å². The van der Waals surface area contributed by atoms with E-state index in [2.05, 4.69) is 0 Å². The lowest BCUT2D eigenvalue weighted by Crippen LogP contribution is -2.55. The lowest BCUT2D eigenvalue weighted by Gasteiger charge is -2.47. The lowest BCUT2D eigenvalue weighted by molar-refractivity contribution is 0.0328. The Bertz CT molecular complexity index is 1010. The SMILES string of the molecule is CCC(OS(C)(=O)=O)C1(c2ccc(Cl)c(Cl)c2)CCCN(C(=O)c2ccccc2)C1. The van der Waals surface area contributed by atoms with E-state index in [0.717, 1.165) is 11.8 Å². The molecule has 0 bridgehead atoms. The zero-order valence-electron chi connectivity index (χ0n) is 17.0. The van der Waals surface area contributed by atoms with Gasteiger partial charge in [0.05, 0.1) is 22.4 Å². The minimum absolute atomic E-state index is 0.0889. The number of amides is 1. The van der Waals surface area contributed by atoms with E-state index >= 15 is 0 Å². The van der Waals surface area contributed by atoms with E-state index in [1.54, 1.807) is 29.2 Å². The predicted octanol–water partition coefficient (Wildman–Crippen LogP) is 4.92. The Hall–Kier alpha value is -1.60. The molecular weight excluding hydrogens is 445 g/mol. The number of rotatable bonds is 6. The van der Waals surface area contributed by atoms with Gasteiger partial charge in [-0.2, -0.15) is 8.42 Å². The van der Waals surface area contributed by atoms with Gasteiger partial charge < -0.3 is 4.90 Å². The van der Waals surface area contributed by atoms with Gasteiger partial charge >= 0.3 is 0 Å². The highest BCUT2D eigenvalue weighted by molar-refractivity contribution is 7.86. The first-order valence-corrected chi connectivity index (χ1v) is 12.4. The standard InChI is InChI=1S/C22H25Cl2NO4S/c1-3-20(29-30(2,27)28)22(17-10-11-18(23)19(24)14-17)12-7-13-25(15-22)21(26)16-8-5-4-6-9-16/h4-6,8-11,14,20H,3,7,12-13,15H2,1-2H3. The summed E-state index contributed by atoms with van der Waals surface area (Å²) < 4.78 is 29.6. The van der Waals surface area contributed by atoms with Gasteiger partial charge in [-0.05, 0) is 49.1 Å². The van der Waals surface area contributed by atoms with Crippen molar-refractivity contribution >= 4 is 39.2 Å². The molecule has 1 fully saturated rings. The number of hydrogen-bond donors (Lipinski definition) is 0. The highest BCUT2D eigenvalue weighted by Gasteiger charge is 2.46. The van der Waals surface area contributed by atoms with Crippen LogP contribution < -0.4 is 0 Å². The third-order valence-electron chi connectivity index (χ3n) is 5.60. The average molecular weight is 470 g/mol. The Kier molecular flexibility index (Phi) is 7.13. The molecular formula is C22H25Cl2NO4S. The summed E-state index contributed by atoms with van der Waals surface area (Å²) in [4.78, 5) is 14.9. The summed E-state index contributed by atoms with van der Waals surface area (Å²) in [6.45, 7) is 2.80. The largest absolute Gasteiger partial charge is 0.338 e. The van der Waals surface area contributed by atoms with Crippen molar-refractivity contribution in [2.24, 2.45) is 0 Å². The van der Waals surface area contributed by atoms with Gasteiger partial charge in [-0.15, -0.1) is 0 Å². The van der Waals surface area contributed by atoms with Crippen molar-refractivity contribution in [1.29, 1.82) is 0 Å². The summed E-state index contributed by atoms with van der Waals surface area (Å²) in [5.41, 5.74) is 0.687. The fraction of sp³-hybridized carbons (Fsp3) is 0.409. The summed E-state index contributed by atoms with van der Waals surface area (Å²) in [7, 11) is -3.70.